The molecule has 0 spiro atoms. The molecule has 0 aromatic heterocycles. The second-order valence-corrected chi connectivity index (χ2v) is 8.37. The maximum absolute atomic E-state index is 12.8. The quantitative estimate of drug-likeness (QED) is 0.495. The Kier molecular flexibility index (Phi) is 6.73. The molecular weight excluding hydrogens is 447 g/mol. The number of carboxylic acid groups (broad SMARTS) is 1. The van der Waals surface area contributed by atoms with Crippen LogP contribution in [-0.2, 0) is 22.9 Å². The molecule has 0 bridgehead atoms. The Morgan fingerprint density at radius 2 is 1.44 bits per heavy atom. The summed E-state index contributed by atoms with van der Waals surface area (Å²) in [5.41, 5.74) is 1.43. The van der Waals surface area contributed by atoms with Crippen LogP contribution in [0.25, 0.3) is 0 Å². The van der Waals surface area contributed by atoms with E-state index in [0.29, 0.717) is 24.0 Å². The number of hydrogen-bond donors (Lipinski definition) is 2. The average molecular weight is 465 g/mol. The molecule has 0 saturated carbocycles. The third-order valence-corrected chi connectivity index (χ3v) is 5.94. The van der Waals surface area contributed by atoms with Crippen LogP contribution in [0.1, 0.15) is 21.5 Å². The number of carboxylic acids is 1. The summed E-state index contributed by atoms with van der Waals surface area (Å²) in [5.74, 6) is -1.92. The zero-order chi connectivity index (χ0) is 23.4. The first-order valence-electron chi connectivity index (χ1n) is 9.33. The van der Waals surface area contributed by atoms with Gasteiger partial charge in [0.25, 0.3) is 10.0 Å². The average Bonchev–Trinajstić information content (AvgIpc) is 2.72. The van der Waals surface area contributed by atoms with E-state index < -0.39 is 33.0 Å². The van der Waals surface area contributed by atoms with Gasteiger partial charge in [0.15, 0.2) is 0 Å². The number of sulfonamides is 1. The van der Waals surface area contributed by atoms with Gasteiger partial charge in [0.05, 0.1) is 11.3 Å². The normalized spacial score (nSPS) is 11.7. The van der Waals surface area contributed by atoms with Crippen LogP contribution >= 0.6 is 0 Å². The fourth-order valence-corrected chi connectivity index (χ4v) is 4.37. The van der Waals surface area contributed by atoms with E-state index in [1.807, 2.05) is 0 Å². The zero-order valence-electron chi connectivity index (χ0n) is 16.5. The molecule has 168 valence electrons. The fourth-order valence-electron chi connectivity index (χ4n) is 3.14. The number of rotatable bonds is 8. The van der Waals surface area contributed by atoms with Gasteiger partial charge in [-0.25, -0.2) is 13.2 Å². The molecular formula is C22H18F3NO5S. The number of aryl methyl sites for hydroxylation is 2. The SMILES string of the molecule is O=C(O)c1ccccc1CCc1ccccc1NS(=O)(=O)c1ccccc1OC(F)(F)F. The number of nitrogens with one attached hydrogen (secondary N) is 1. The Labute approximate surface area is 182 Å². The van der Waals surface area contributed by atoms with Crippen LogP contribution in [-0.4, -0.2) is 25.9 Å². The first-order valence-corrected chi connectivity index (χ1v) is 10.8. The van der Waals surface area contributed by atoms with Gasteiger partial charge < -0.3 is 9.84 Å². The minimum absolute atomic E-state index is 0.142. The molecule has 0 amide bonds. The molecule has 0 aliphatic heterocycles. The number of halogens is 3. The number of alkyl halides is 3. The monoisotopic (exact) mass is 465 g/mol. The predicted octanol–water partition coefficient (Wildman–Crippen LogP) is 4.87. The van der Waals surface area contributed by atoms with Crippen molar-refractivity contribution in [2.75, 3.05) is 4.72 Å². The highest BCUT2D eigenvalue weighted by atomic mass is 32.2. The van der Waals surface area contributed by atoms with Gasteiger partial charge >= 0.3 is 12.3 Å². The lowest BCUT2D eigenvalue weighted by atomic mass is 9.99. The molecule has 0 fully saturated rings. The number of carbonyl (C=O) groups is 1. The van der Waals surface area contributed by atoms with Gasteiger partial charge in [-0.05, 0) is 48.2 Å². The van der Waals surface area contributed by atoms with E-state index >= 15 is 0 Å². The second-order valence-electron chi connectivity index (χ2n) is 6.72. The molecule has 3 aromatic carbocycles. The van der Waals surface area contributed by atoms with Crippen LogP contribution < -0.4 is 9.46 Å². The van der Waals surface area contributed by atoms with E-state index in [9.17, 15) is 31.5 Å². The van der Waals surface area contributed by atoms with Gasteiger partial charge in [-0.15, -0.1) is 13.2 Å². The lowest BCUT2D eigenvalue weighted by molar-refractivity contribution is -0.275. The molecule has 0 unspecified atom stereocenters. The third-order valence-electron chi connectivity index (χ3n) is 4.54. The van der Waals surface area contributed by atoms with Crippen molar-refractivity contribution in [2.24, 2.45) is 0 Å². The standard InChI is InChI=1S/C22H18F3NO5S/c23-22(24,25)31-19-11-5-6-12-20(19)32(29,30)26-18-10-4-2-8-16(18)14-13-15-7-1-3-9-17(15)21(27)28/h1-12,26H,13-14H2,(H,27,28). The predicted molar refractivity (Wildman–Crippen MR) is 111 cm³/mol. The summed E-state index contributed by atoms with van der Waals surface area (Å²) in [5, 5.41) is 9.32. The van der Waals surface area contributed by atoms with E-state index in [1.165, 1.54) is 24.3 Å². The van der Waals surface area contributed by atoms with Gasteiger partial charge in [-0.3, -0.25) is 4.72 Å². The fraction of sp³-hybridized carbons (Fsp3) is 0.136. The van der Waals surface area contributed by atoms with Crippen molar-refractivity contribution < 1.29 is 36.2 Å². The molecule has 0 atom stereocenters. The van der Waals surface area contributed by atoms with Gasteiger partial charge in [-0.2, -0.15) is 0 Å². The first kappa shape index (κ1) is 23.1. The highest BCUT2D eigenvalue weighted by Gasteiger charge is 2.34. The van der Waals surface area contributed by atoms with Crippen molar-refractivity contribution in [1.29, 1.82) is 0 Å². The Morgan fingerprint density at radius 3 is 2.12 bits per heavy atom. The highest BCUT2D eigenvalue weighted by Crippen LogP contribution is 2.31. The zero-order valence-corrected chi connectivity index (χ0v) is 17.3. The lowest BCUT2D eigenvalue weighted by Gasteiger charge is -2.16. The van der Waals surface area contributed by atoms with Crippen LogP contribution in [0.3, 0.4) is 0 Å². The van der Waals surface area contributed by atoms with Crippen molar-refractivity contribution in [3.63, 3.8) is 0 Å². The maximum atomic E-state index is 12.8. The van der Waals surface area contributed by atoms with Crippen LogP contribution in [0, 0.1) is 0 Å². The molecule has 0 heterocycles. The number of aromatic carboxylic acids is 1. The minimum Gasteiger partial charge on any atom is -0.478 e. The van der Waals surface area contributed by atoms with Crippen molar-refractivity contribution in [2.45, 2.75) is 24.1 Å². The molecule has 3 aromatic rings. The Morgan fingerprint density at radius 1 is 0.875 bits per heavy atom. The van der Waals surface area contributed by atoms with E-state index in [4.69, 9.17) is 0 Å². The number of para-hydroxylation sites is 2. The molecule has 0 saturated heterocycles. The number of ether oxygens (including phenoxy) is 1. The van der Waals surface area contributed by atoms with Crippen LogP contribution in [0.15, 0.2) is 77.7 Å². The van der Waals surface area contributed by atoms with Gasteiger partial charge in [0, 0.05) is 0 Å². The topological polar surface area (TPSA) is 92.7 Å². The summed E-state index contributed by atoms with van der Waals surface area (Å²) in [7, 11) is -4.41. The molecule has 32 heavy (non-hydrogen) atoms. The van der Waals surface area contributed by atoms with Crippen LogP contribution in [0.5, 0.6) is 5.75 Å². The number of hydrogen-bond acceptors (Lipinski definition) is 4. The summed E-state index contributed by atoms with van der Waals surface area (Å²) in [4.78, 5) is 10.7. The molecule has 0 aliphatic rings. The molecule has 0 aliphatic carbocycles. The van der Waals surface area contributed by atoms with Crippen molar-refractivity contribution >= 4 is 21.7 Å². The van der Waals surface area contributed by atoms with E-state index in [-0.39, 0.29) is 11.3 Å². The Hall–Kier alpha value is -3.53. The van der Waals surface area contributed by atoms with E-state index in [0.717, 1.165) is 12.1 Å². The minimum atomic E-state index is -5.05. The smallest absolute Gasteiger partial charge is 0.478 e. The maximum Gasteiger partial charge on any atom is 0.573 e. The summed E-state index contributed by atoms with van der Waals surface area (Å²) in [6.45, 7) is 0. The van der Waals surface area contributed by atoms with Crippen molar-refractivity contribution in [3.05, 3.63) is 89.5 Å². The van der Waals surface area contributed by atoms with Crippen molar-refractivity contribution in [3.8, 4) is 5.75 Å². The van der Waals surface area contributed by atoms with Crippen LogP contribution in [0.2, 0.25) is 0 Å². The van der Waals surface area contributed by atoms with E-state index in [2.05, 4.69) is 9.46 Å². The van der Waals surface area contributed by atoms with Crippen molar-refractivity contribution in [1.82, 2.24) is 0 Å². The Balaban J connectivity index is 1.87. The van der Waals surface area contributed by atoms with Crippen LogP contribution in [0.4, 0.5) is 18.9 Å². The molecule has 3 rings (SSSR count). The lowest BCUT2D eigenvalue weighted by Crippen LogP contribution is -2.21. The summed E-state index contributed by atoms with van der Waals surface area (Å²) in [6, 6.07) is 17.3. The van der Waals surface area contributed by atoms with Gasteiger partial charge in [0.1, 0.15) is 10.6 Å². The third kappa shape index (κ3) is 5.79. The summed E-state index contributed by atoms with van der Waals surface area (Å²) >= 11 is 0. The summed E-state index contributed by atoms with van der Waals surface area (Å²) < 4.78 is 69.9. The second kappa shape index (κ2) is 9.31. The first-order chi connectivity index (χ1) is 15.1. The number of benzene rings is 3. The van der Waals surface area contributed by atoms with Gasteiger partial charge in [-0.1, -0.05) is 48.5 Å². The van der Waals surface area contributed by atoms with Gasteiger partial charge in [0.2, 0.25) is 0 Å². The molecule has 0 radical (unpaired) electrons. The molecule has 10 heteroatoms. The highest BCUT2D eigenvalue weighted by molar-refractivity contribution is 7.92. The number of anilines is 1. The van der Waals surface area contributed by atoms with E-state index in [1.54, 1.807) is 36.4 Å². The Bertz CT molecular complexity index is 1230. The largest absolute Gasteiger partial charge is 0.573 e. The molecule has 2 N–H and O–H groups in total. The summed E-state index contributed by atoms with van der Waals surface area (Å²) in [6.07, 6.45) is -4.44. The molecule has 6 nitrogen and oxygen atoms in total.